The molecule has 2 heterocycles. The predicted molar refractivity (Wildman–Crippen MR) is 123 cm³/mol. The second-order valence-electron chi connectivity index (χ2n) is 8.64. The minimum Gasteiger partial charge on any atom is -0.414 e. The van der Waals surface area contributed by atoms with Crippen molar-refractivity contribution in [2.75, 3.05) is 0 Å². The topological polar surface area (TPSA) is 92.3 Å². The molecule has 2 N–H and O–H groups in total. The van der Waals surface area contributed by atoms with Crippen LogP contribution in [0, 0.1) is 0 Å². The van der Waals surface area contributed by atoms with Crippen molar-refractivity contribution in [1.29, 1.82) is 0 Å². The Bertz CT molecular complexity index is 688. The second kappa shape index (κ2) is 15.1. The third-order valence-corrected chi connectivity index (χ3v) is 5.78. The molecule has 0 bridgehead atoms. The lowest BCUT2D eigenvalue weighted by molar-refractivity contribution is -0.191. The van der Waals surface area contributed by atoms with Crippen molar-refractivity contribution < 1.29 is 14.6 Å². The molecule has 31 heavy (non-hydrogen) atoms. The lowest BCUT2D eigenvalue weighted by atomic mass is 10.0. The molecule has 0 saturated heterocycles. The zero-order chi connectivity index (χ0) is 22.2. The minimum atomic E-state index is -2.09. The van der Waals surface area contributed by atoms with Crippen LogP contribution in [0.3, 0.4) is 0 Å². The van der Waals surface area contributed by atoms with Crippen LogP contribution in [0.25, 0.3) is 11.6 Å². The molecule has 0 aliphatic heterocycles. The van der Waals surface area contributed by atoms with Gasteiger partial charge in [0.2, 0.25) is 5.79 Å². The molecular formula is C25H41N3O3. The first-order valence-electron chi connectivity index (χ1n) is 12.3. The van der Waals surface area contributed by atoms with Crippen LogP contribution in [-0.4, -0.2) is 25.4 Å². The molecule has 2 aromatic rings. The van der Waals surface area contributed by atoms with Gasteiger partial charge in [-0.15, -0.1) is 10.2 Å². The summed E-state index contributed by atoms with van der Waals surface area (Å²) >= 11 is 0. The molecule has 2 aromatic heterocycles. The Labute approximate surface area is 187 Å². The quantitative estimate of drug-likeness (QED) is 0.206. The van der Waals surface area contributed by atoms with E-state index < -0.39 is 5.79 Å². The normalized spacial score (nSPS) is 11.8. The zero-order valence-corrected chi connectivity index (χ0v) is 19.3. The highest BCUT2D eigenvalue weighted by atomic mass is 16.5. The van der Waals surface area contributed by atoms with E-state index in [4.69, 9.17) is 4.42 Å². The van der Waals surface area contributed by atoms with Gasteiger partial charge in [0.15, 0.2) is 0 Å². The second-order valence-corrected chi connectivity index (χ2v) is 8.64. The van der Waals surface area contributed by atoms with Crippen LogP contribution in [0.5, 0.6) is 0 Å². The Balaban J connectivity index is 1.47. The molecule has 0 saturated carbocycles. The van der Waals surface area contributed by atoms with Gasteiger partial charge in [0.25, 0.3) is 11.8 Å². The lowest BCUT2D eigenvalue weighted by Gasteiger charge is -2.16. The average Bonchev–Trinajstić information content (AvgIpc) is 3.28. The van der Waals surface area contributed by atoms with Gasteiger partial charge >= 0.3 is 0 Å². The molecule has 6 heteroatoms. The molecule has 0 atom stereocenters. The van der Waals surface area contributed by atoms with Gasteiger partial charge in [-0.05, 0) is 18.6 Å². The van der Waals surface area contributed by atoms with Gasteiger partial charge in [0.05, 0.1) is 0 Å². The van der Waals surface area contributed by atoms with Crippen LogP contribution in [0.4, 0.5) is 0 Å². The smallest absolute Gasteiger partial charge is 0.276 e. The molecular weight excluding hydrogens is 390 g/mol. The summed E-state index contributed by atoms with van der Waals surface area (Å²) in [7, 11) is 0. The van der Waals surface area contributed by atoms with Crippen LogP contribution in [0.15, 0.2) is 28.8 Å². The van der Waals surface area contributed by atoms with Crippen molar-refractivity contribution in [2.45, 2.75) is 115 Å². The van der Waals surface area contributed by atoms with E-state index in [0.717, 1.165) is 12.8 Å². The number of hydrogen-bond acceptors (Lipinski definition) is 6. The Morgan fingerprint density at radius 3 is 1.81 bits per heavy atom. The Morgan fingerprint density at radius 2 is 1.29 bits per heavy atom. The first-order chi connectivity index (χ1) is 15.1. The summed E-state index contributed by atoms with van der Waals surface area (Å²) < 4.78 is 5.42. The standard InChI is InChI=1S/C25H41N3O3/c1-2-3-4-5-6-7-8-9-10-11-12-13-14-15-17-20-25(29,30)24-28-27-23(31-24)22-19-16-18-21-26-22/h16,18-19,21,29-30H,2-15,17,20H2,1H3. The fourth-order valence-electron chi connectivity index (χ4n) is 3.83. The van der Waals surface area contributed by atoms with Crippen molar-refractivity contribution in [2.24, 2.45) is 0 Å². The molecule has 0 aromatic carbocycles. The summed E-state index contributed by atoms with van der Waals surface area (Å²) in [4.78, 5) is 4.13. The van der Waals surface area contributed by atoms with Gasteiger partial charge < -0.3 is 14.6 Å². The fraction of sp³-hybridized carbons (Fsp3) is 0.720. The molecule has 0 unspecified atom stereocenters. The van der Waals surface area contributed by atoms with Crippen LogP contribution < -0.4 is 0 Å². The van der Waals surface area contributed by atoms with Gasteiger partial charge in [-0.25, -0.2) is 0 Å². The summed E-state index contributed by atoms with van der Waals surface area (Å²) in [5.41, 5.74) is 0.518. The lowest BCUT2D eigenvalue weighted by Crippen LogP contribution is -2.25. The highest BCUT2D eigenvalue weighted by Crippen LogP contribution is 2.26. The predicted octanol–water partition coefficient (Wildman–Crippen LogP) is 6.53. The number of pyridine rings is 1. The third-order valence-electron chi connectivity index (χ3n) is 5.78. The number of rotatable bonds is 18. The monoisotopic (exact) mass is 431 g/mol. The first kappa shape index (κ1) is 25.5. The van der Waals surface area contributed by atoms with Gasteiger partial charge in [-0.1, -0.05) is 103 Å². The maximum Gasteiger partial charge on any atom is 0.276 e. The molecule has 0 amide bonds. The van der Waals surface area contributed by atoms with E-state index in [1.54, 1.807) is 18.3 Å². The molecule has 0 fully saturated rings. The summed E-state index contributed by atoms with van der Waals surface area (Å²) in [6.07, 6.45) is 20.9. The average molecular weight is 432 g/mol. The minimum absolute atomic E-state index is 0.168. The van der Waals surface area contributed by atoms with Crippen LogP contribution in [0.2, 0.25) is 0 Å². The number of hydrogen-bond donors (Lipinski definition) is 2. The van der Waals surface area contributed by atoms with Gasteiger partial charge in [-0.2, -0.15) is 0 Å². The van der Waals surface area contributed by atoms with Gasteiger partial charge in [-0.3, -0.25) is 4.98 Å². The van der Waals surface area contributed by atoms with Crippen molar-refractivity contribution in [3.63, 3.8) is 0 Å². The van der Waals surface area contributed by atoms with E-state index in [2.05, 4.69) is 22.1 Å². The molecule has 0 spiro atoms. The summed E-state index contributed by atoms with van der Waals surface area (Å²) in [6, 6.07) is 5.34. The number of aliphatic hydroxyl groups is 2. The zero-order valence-electron chi connectivity index (χ0n) is 19.3. The Hall–Kier alpha value is -1.79. The highest BCUT2D eigenvalue weighted by Gasteiger charge is 2.32. The Kier molecular flexibility index (Phi) is 12.4. The van der Waals surface area contributed by atoms with Crippen LogP contribution in [-0.2, 0) is 5.79 Å². The van der Waals surface area contributed by atoms with E-state index in [1.165, 1.54) is 77.0 Å². The highest BCUT2D eigenvalue weighted by molar-refractivity contribution is 5.44. The van der Waals surface area contributed by atoms with Crippen molar-refractivity contribution in [3.8, 4) is 11.6 Å². The molecule has 0 radical (unpaired) electrons. The molecule has 6 nitrogen and oxygen atoms in total. The molecule has 0 aliphatic rings. The number of nitrogens with zero attached hydrogens (tertiary/aromatic N) is 3. The number of aromatic nitrogens is 3. The van der Waals surface area contributed by atoms with E-state index >= 15 is 0 Å². The Morgan fingerprint density at radius 1 is 0.742 bits per heavy atom. The van der Waals surface area contributed by atoms with Crippen molar-refractivity contribution in [3.05, 3.63) is 30.3 Å². The fourth-order valence-corrected chi connectivity index (χ4v) is 3.83. The number of unbranched alkanes of at least 4 members (excludes halogenated alkanes) is 14. The largest absolute Gasteiger partial charge is 0.414 e. The van der Waals surface area contributed by atoms with E-state index in [9.17, 15) is 10.2 Å². The third kappa shape index (κ3) is 10.4. The van der Waals surface area contributed by atoms with Crippen molar-refractivity contribution in [1.82, 2.24) is 15.2 Å². The van der Waals surface area contributed by atoms with Gasteiger partial charge in [0.1, 0.15) is 5.69 Å². The van der Waals surface area contributed by atoms with Crippen LogP contribution in [0.1, 0.15) is 116 Å². The maximum atomic E-state index is 10.3. The summed E-state index contributed by atoms with van der Waals surface area (Å²) in [6.45, 7) is 2.27. The first-order valence-corrected chi connectivity index (χ1v) is 12.3. The molecule has 2 rings (SSSR count). The summed E-state index contributed by atoms with van der Waals surface area (Å²) in [5, 5.41) is 28.2. The molecule has 0 aliphatic carbocycles. The van der Waals surface area contributed by atoms with Gasteiger partial charge in [0, 0.05) is 12.6 Å². The summed E-state index contributed by atoms with van der Waals surface area (Å²) in [5.74, 6) is -2.06. The van der Waals surface area contributed by atoms with E-state index in [0.29, 0.717) is 12.1 Å². The van der Waals surface area contributed by atoms with E-state index in [-0.39, 0.29) is 18.2 Å². The van der Waals surface area contributed by atoms with Crippen molar-refractivity contribution >= 4 is 0 Å². The van der Waals surface area contributed by atoms with Crippen LogP contribution >= 0.6 is 0 Å². The molecule has 174 valence electrons. The van der Waals surface area contributed by atoms with E-state index in [1.807, 2.05) is 6.07 Å². The maximum absolute atomic E-state index is 10.3. The SMILES string of the molecule is CCCCCCCCCCCCCCCCCC(O)(O)c1nnc(-c2ccccn2)o1.